The van der Waals surface area contributed by atoms with E-state index in [4.69, 9.17) is 4.42 Å². The lowest BCUT2D eigenvalue weighted by Gasteiger charge is -2.41. The van der Waals surface area contributed by atoms with Gasteiger partial charge < -0.3 is 14.2 Å². The first-order valence-electron chi connectivity index (χ1n) is 23.2. The second-order valence-electron chi connectivity index (χ2n) is 17.8. The molecular weight excluding hydrogens is 833 g/mol. The van der Waals surface area contributed by atoms with E-state index >= 15 is 0 Å². The summed E-state index contributed by atoms with van der Waals surface area (Å²) in [4.78, 5) is 7.50. The van der Waals surface area contributed by atoms with Gasteiger partial charge in [-0.05, 0) is 93.4 Å². The molecule has 0 N–H and O–H groups in total. The van der Waals surface area contributed by atoms with Crippen LogP contribution in [0.1, 0.15) is 22.3 Å². The summed E-state index contributed by atoms with van der Waals surface area (Å²) < 4.78 is 7.28. The number of para-hydroxylation sites is 3. The van der Waals surface area contributed by atoms with E-state index in [1.165, 1.54) is 48.7 Å². The largest absolute Gasteiger partial charge is 0.456 e. The van der Waals surface area contributed by atoms with Gasteiger partial charge in [0.25, 0.3) is 0 Å². The highest BCUT2D eigenvalue weighted by atomic mass is 32.2. The maximum absolute atomic E-state index is 7.28. The Balaban J connectivity index is 1.04. The second kappa shape index (κ2) is 15.0. The number of anilines is 5. The van der Waals surface area contributed by atoms with Gasteiger partial charge in [-0.1, -0.05) is 194 Å². The Kier molecular flexibility index (Phi) is 8.56. The Hall–Kier alpha value is -8.05. The zero-order valence-corrected chi connectivity index (χ0v) is 37.3. The number of benzene rings is 9. The molecule has 67 heavy (non-hydrogen) atoms. The molecule has 0 amide bonds. The van der Waals surface area contributed by atoms with E-state index < -0.39 is 5.41 Å². The van der Waals surface area contributed by atoms with Crippen molar-refractivity contribution < 1.29 is 4.42 Å². The van der Waals surface area contributed by atoms with Crippen LogP contribution in [0.25, 0.3) is 44.5 Å². The second-order valence-corrected chi connectivity index (χ2v) is 18.9. The Morgan fingerprint density at radius 1 is 0.493 bits per heavy atom. The standard InChI is InChI=1S/C63H42N2OS/c1-4-21-41(22-5-1)64(42-23-6-2-7-24-42)56-39-50-60-48-31-12-10-29-46(48)57(40-58(60)66-61(50)49-32-13-11-30-47(49)56)65(43-25-8-3-9-26-43)55-37-20-36-54-62(55)67-59-38-19-18-35-53(59)63(54)51-33-16-14-27-44(51)45-28-15-17-34-52(45)63/h1-40,47,56H. The molecule has 3 aliphatic carbocycles. The summed E-state index contributed by atoms with van der Waals surface area (Å²) >= 11 is 1.89. The monoisotopic (exact) mass is 874 g/mol. The van der Waals surface area contributed by atoms with Gasteiger partial charge in [0.05, 0.1) is 22.8 Å². The molecule has 2 heterocycles. The number of rotatable bonds is 6. The van der Waals surface area contributed by atoms with Crippen molar-refractivity contribution in [3.05, 3.63) is 270 Å². The van der Waals surface area contributed by atoms with Crippen LogP contribution in [-0.4, -0.2) is 6.04 Å². The Morgan fingerprint density at radius 3 is 1.78 bits per heavy atom. The van der Waals surface area contributed by atoms with Gasteiger partial charge in [0.2, 0.25) is 0 Å². The lowest BCUT2D eigenvalue weighted by atomic mass is 9.67. The molecule has 10 aromatic rings. The summed E-state index contributed by atoms with van der Waals surface area (Å²) in [6.45, 7) is 0. The first-order chi connectivity index (χ1) is 33.3. The molecule has 0 bridgehead atoms. The summed E-state index contributed by atoms with van der Waals surface area (Å²) in [6, 6.07) is 77.9. The van der Waals surface area contributed by atoms with Crippen molar-refractivity contribution in [1.29, 1.82) is 0 Å². The number of furan rings is 1. The van der Waals surface area contributed by atoms with E-state index in [0.29, 0.717) is 0 Å². The predicted octanol–water partition coefficient (Wildman–Crippen LogP) is 14.8. The van der Waals surface area contributed by atoms with Crippen LogP contribution in [0.2, 0.25) is 0 Å². The third kappa shape index (κ3) is 5.54. The first-order valence-corrected chi connectivity index (χ1v) is 24.0. The molecule has 0 fully saturated rings. The van der Waals surface area contributed by atoms with E-state index in [9.17, 15) is 0 Å². The smallest absolute Gasteiger partial charge is 0.139 e. The van der Waals surface area contributed by atoms with Gasteiger partial charge in [-0.15, -0.1) is 0 Å². The molecule has 0 saturated heterocycles. The van der Waals surface area contributed by atoms with Gasteiger partial charge in [-0.2, -0.15) is 0 Å². The summed E-state index contributed by atoms with van der Waals surface area (Å²) in [5.41, 5.74) is 16.0. The molecule has 3 nitrogen and oxygen atoms in total. The third-order valence-corrected chi connectivity index (χ3v) is 15.7. The van der Waals surface area contributed by atoms with Gasteiger partial charge >= 0.3 is 0 Å². The van der Waals surface area contributed by atoms with E-state index in [-0.39, 0.29) is 12.0 Å². The molecule has 316 valence electrons. The number of allylic oxidation sites excluding steroid dienone is 3. The van der Waals surface area contributed by atoms with Crippen molar-refractivity contribution in [3.63, 3.8) is 0 Å². The summed E-state index contributed by atoms with van der Waals surface area (Å²) in [7, 11) is 0. The zero-order chi connectivity index (χ0) is 44.1. The highest BCUT2D eigenvalue weighted by molar-refractivity contribution is 7.99. The minimum absolute atomic E-state index is 0.0116. The maximum Gasteiger partial charge on any atom is 0.139 e. The fourth-order valence-corrected chi connectivity index (χ4v) is 13.1. The molecule has 14 rings (SSSR count). The number of nitrogens with zero attached hydrogens (tertiary/aromatic N) is 2. The van der Waals surface area contributed by atoms with Crippen molar-refractivity contribution in [1.82, 2.24) is 0 Å². The minimum Gasteiger partial charge on any atom is -0.456 e. The van der Waals surface area contributed by atoms with Gasteiger partial charge in [0.15, 0.2) is 0 Å². The maximum atomic E-state index is 7.28. The molecule has 1 aromatic heterocycles. The van der Waals surface area contributed by atoms with Gasteiger partial charge in [-0.25, -0.2) is 0 Å². The van der Waals surface area contributed by atoms with E-state index in [1.54, 1.807) is 0 Å². The summed E-state index contributed by atoms with van der Waals surface area (Å²) in [6.07, 6.45) is 11.4. The van der Waals surface area contributed by atoms with E-state index in [2.05, 4.69) is 253 Å². The van der Waals surface area contributed by atoms with Gasteiger partial charge in [0, 0.05) is 60.4 Å². The predicted molar refractivity (Wildman–Crippen MR) is 278 cm³/mol. The van der Waals surface area contributed by atoms with Crippen LogP contribution in [0, 0.1) is 5.92 Å². The molecule has 0 saturated carbocycles. The van der Waals surface area contributed by atoms with Crippen LogP contribution in [0.4, 0.5) is 28.4 Å². The lowest BCUT2D eigenvalue weighted by molar-refractivity contribution is 0.556. The molecule has 4 aliphatic rings. The van der Waals surface area contributed by atoms with Gasteiger partial charge in [-0.3, -0.25) is 0 Å². The molecule has 1 spiro atoms. The van der Waals surface area contributed by atoms with Crippen molar-refractivity contribution in [3.8, 4) is 11.1 Å². The third-order valence-electron chi connectivity index (χ3n) is 14.5. The fourth-order valence-electron chi connectivity index (χ4n) is 11.8. The molecule has 2 atom stereocenters. The minimum atomic E-state index is -0.496. The number of hydrogen-bond acceptors (Lipinski definition) is 4. The molecule has 4 heteroatoms. The lowest BCUT2D eigenvalue weighted by Crippen LogP contribution is -2.44. The van der Waals surface area contributed by atoms with Crippen LogP contribution in [-0.2, 0) is 5.41 Å². The number of hydrogen-bond donors (Lipinski definition) is 0. The Bertz CT molecular complexity index is 3730. The summed E-state index contributed by atoms with van der Waals surface area (Å²) in [5.74, 6) is 0.0685. The van der Waals surface area contributed by atoms with Crippen LogP contribution >= 0.6 is 11.8 Å². The molecule has 1 aliphatic heterocycles. The van der Waals surface area contributed by atoms with E-state index in [0.717, 1.165) is 60.8 Å². The average molecular weight is 875 g/mol. The normalized spacial score (nSPS) is 16.7. The van der Waals surface area contributed by atoms with Crippen LogP contribution in [0.5, 0.6) is 0 Å². The van der Waals surface area contributed by atoms with Crippen molar-refractivity contribution in [2.75, 3.05) is 9.80 Å². The first kappa shape index (κ1) is 38.2. The highest BCUT2D eigenvalue weighted by Gasteiger charge is 2.51. The Labute approximate surface area is 393 Å². The quantitative estimate of drug-likeness (QED) is 0.166. The molecule has 0 radical (unpaired) electrons. The van der Waals surface area contributed by atoms with Gasteiger partial charge in [0.1, 0.15) is 11.0 Å². The molecule has 2 unspecified atom stereocenters. The van der Waals surface area contributed by atoms with Crippen molar-refractivity contribution >= 4 is 73.6 Å². The van der Waals surface area contributed by atoms with Crippen LogP contribution < -0.4 is 20.4 Å². The van der Waals surface area contributed by atoms with Crippen molar-refractivity contribution in [2.45, 2.75) is 21.2 Å². The molecule has 9 aromatic carbocycles. The number of fused-ring (bicyclic) bond motifs is 15. The van der Waals surface area contributed by atoms with Crippen molar-refractivity contribution in [2.24, 2.45) is 5.92 Å². The Morgan fingerprint density at radius 2 is 1.07 bits per heavy atom. The molecular formula is C63H42N2OS. The van der Waals surface area contributed by atoms with E-state index in [1.807, 2.05) is 11.8 Å². The summed E-state index contributed by atoms with van der Waals surface area (Å²) in [5, 5.41) is 4.60. The fraction of sp³-hybridized carbons (Fsp3) is 0.0476. The average Bonchev–Trinajstić information content (AvgIpc) is 3.92. The topological polar surface area (TPSA) is 19.6 Å². The SMILES string of the molecule is C1=CC2=c3oc4cc(N(c5ccccc5)c5cccc6c5Sc5ccccc5C65c6ccccc6-c6ccccc65)c5ccccc5c4c3=CC(N(c3ccccc3)c3ccccc3)C2C=C1. The zero-order valence-electron chi connectivity index (χ0n) is 36.5. The van der Waals surface area contributed by atoms with Crippen LogP contribution in [0.3, 0.4) is 0 Å². The van der Waals surface area contributed by atoms with Crippen LogP contribution in [0.15, 0.2) is 251 Å². The highest BCUT2D eigenvalue weighted by Crippen LogP contribution is 2.64.